The second-order valence-corrected chi connectivity index (χ2v) is 13.9. The molecule has 4 heterocycles. The third kappa shape index (κ3) is 5.21. The molecule has 6 aromatic carbocycles. The number of fused-ring (bicyclic) bond motifs is 4. The minimum atomic E-state index is -0.444. The van der Waals surface area contributed by atoms with E-state index in [-0.39, 0.29) is 11.1 Å². The molecular weight excluding hydrogens is 717 g/mol. The fourth-order valence-electron chi connectivity index (χ4n) is 8.29. The van der Waals surface area contributed by atoms with Crippen molar-refractivity contribution in [2.24, 2.45) is 0 Å². The molecule has 8 heteroatoms. The first-order valence-corrected chi connectivity index (χ1v) is 18.6. The van der Waals surface area contributed by atoms with Crippen LogP contribution in [0.15, 0.2) is 170 Å². The summed E-state index contributed by atoms with van der Waals surface area (Å²) in [5, 5.41) is 22.0. The number of benzene rings is 6. The van der Waals surface area contributed by atoms with Gasteiger partial charge in [-0.2, -0.15) is 10.5 Å². The first-order valence-electron chi connectivity index (χ1n) is 18.6. The Hall–Kier alpha value is -8.46. The molecule has 0 saturated carbocycles. The van der Waals surface area contributed by atoms with Gasteiger partial charge in [-0.3, -0.25) is 19.6 Å². The van der Waals surface area contributed by atoms with Crippen LogP contribution in [0.3, 0.4) is 0 Å². The summed E-state index contributed by atoms with van der Waals surface area (Å²) >= 11 is 0. The van der Waals surface area contributed by atoms with Gasteiger partial charge in [0.2, 0.25) is 0 Å². The van der Waals surface area contributed by atoms with Gasteiger partial charge < -0.3 is 4.57 Å². The molecule has 3 aromatic heterocycles. The molecule has 1 aliphatic rings. The van der Waals surface area contributed by atoms with Crippen LogP contribution in [0.4, 0.5) is 5.69 Å². The molecular formula is C50H28N6O2. The molecule has 270 valence electrons. The van der Waals surface area contributed by atoms with Gasteiger partial charge in [-0.05, 0) is 76.3 Å². The monoisotopic (exact) mass is 744 g/mol. The summed E-state index contributed by atoms with van der Waals surface area (Å²) in [6, 6.07) is 50.6. The van der Waals surface area contributed by atoms with Crippen LogP contribution in [0.5, 0.6) is 0 Å². The predicted molar refractivity (Wildman–Crippen MR) is 225 cm³/mol. The zero-order valence-corrected chi connectivity index (χ0v) is 30.7. The zero-order chi connectivity index (χ0) is 39.3. The summed E-state index contributed by atoms with van der Waals surface area (Å²) in [5.41, 5.74) is 10.3. The fourth-order valence-corrected chi connectivity index (χ4v) is 8.29. The Bertz CT molecular complexity index is 3130. The number of nitrogens with zero attached hydrogens (tertiary/aromatic N) is 6. The van der Waals surface area contributed by atoms with Gasteiger partial charge in [0.25, 0.3) is 11.8 Å². The van der Waals surface area contributed by atoms with Gasteiger partial charge in [-0.25, -0.2) is 4.90 Å². The molecule has 0 aliphatic carbocycles. The first-order chi connectivity index (χ1) is 28.6. The molecule has 0 spiro atoms. The van der Waals surface area contributed by atoms with Gasteiger partial charge in [-0.15, -0.1) is 0 Å². The highest BCUT2D eigenvalue weighted by atomic mass is 16.2. The van der Waals surface area contributed by atoms with Crippen molar-refractivity contribution in [3.8, 4) is 62.3 Å². The van der Waals surface area contributed by atoms with E-state index in [0.717, 1.165) is 55.2 Å². The number of hydrogen-bond donors (Lipinski definition) is 0. The molecule has 9 aromatic rings. The van der Waals surface area contributed by atoms with Gasteiger partial charge in [0.15, 0.2) is 0 Å². The number of imide groups is 1. The lowest BCUT2D eigenvalue weighted by atomic mass is 9.93. The Balaban J connectivity index is 1.23. The molecule has 0 bridgehead atoms. The standard InChI is InChI=1S/C50H28N6O2/c51-27-34-22-24-53-29-40(34)36-14-7-17-43-46(36)47-37(41-30-54-25-23-35(41)28-52)15-8-18-44(47)55(43)45-19-9-16-38-48(45)50(58)56(49(38)57)42-21-20-33(31-10-3-1-4-11-31)26-39(42)32-12-5-2-6-13-32/h1-26,29-30H. The highest BCUT2D eigenvalue weighted by Gasteiger charge is 2.40. The Morgan fingerprint density at radius 1 is 0.448 bits per heavy atom. The van der Waals surface area contributed by atoms with Crippen LogP contribution in [-0.4, -0.2) is 26.3 Å². The van der Waals surface area contributed by atoms with Crippen LogP contribution < -0.4 is 4.90 Å². The minimum absolute atomic E-state index is 0.270. The fraction of sp³-hybridized carbons (Fsp3) is 0. The average molecular weight is 745 g/mol. The lowest BCUT2D eigenvalue weighted by Crippen LogP contribution is -2.30. The summed E-state index contributed by atoms with van der Waals surface area (Å²) in [5.74, 6) is -0.864. The van der Waals surface area contributed by atoms with Gasteiger partial charge in [0, 0.05) is 52.3 Å². The van der Waals surface area contributed by atoms with Crippen molar-refractivity contribution in [3.63, 3.8) is 0 Å². The smallest absolute Gasteiger partial charge is 0.268 e. The lowest BCUT2D eigenvalue weighted by molar-refractivity contribution is 0.0926. The van der Waals surface area contributed by atoms with E-state index in [1.807, 2.05) is 126 Å². The van der Waals surface area contributed by atoms with Crippen molar-refractivity contribution in [1.29, 1.82) is 10.5 Å². The molecule has 2 amide bonds. The van der Waals surface area contributed by atoms with E-state index in [0.29, 0.717) is 33.6 Å². The molecule has 8 nitrogen and oxygen atoms in total. The second-order valence-electron chi connectivity index (χ2n) is 13.9. The predicted octanol–water partition coefficient (Wildman–Crippen LogP) is 10.8. The number of carbonyl (C=O) groups excluding carboxylic acids is 2. The molecule has 0 atom stereocenters. The Labute approximate surface area is 332 Å². The molecule has 1 aliphatic heterocycles. The van der Waals surface area contributed by atoms with Crippen molar-refractivity contribution in [3.05, 3.63) is 193 Å². The molecule has 58 heavy (non-hydrogen) atoms. The van der Waals surface area contributed by atoms with E-state index in [4.69, 9.17) is 0 Å². The molecule has 10 rings (SSSR count). The normalized spacial score (nSPS) is 12.1. The maximum absolute atomic E-state index is 15.1. The van der Waals surface area contributed by atoms with Crippen LogP contribution in [0.2, 0.25) is 0 Å². The molecule has 0 N–H and O–H groups in total. The Morgan fingerprint density at radius 2 is 1.00 bits per heavy atom. The number of anilines is 1. The number of aromatic nitrogens is 3. The third-order valence-electron chi connectivity index (χ3n) is 10.8. The second kappa shape index (κ2) is 13.7. The number of nitriles is 2. The summed E-state index contributed by atoms with van der Waals surface area (Å²) in [6.45, 7) is 0. The zero-order valence-electron chi connectivity index (χ0n) is 30.7. The largest absolute Gasteiger partial charge is 0.308 e. The Morgan fingerprint density at radius 3 is 1.59 bits per heavy atom. The van der Waals surface area contributed by atoms with E-state index in [2.05, 4.69) is 22.1 Å². The quantitative estimate of drug-likeness (QED) is 0.157. The van der Waals surface area contributed by atoms with E-state index in [1.54, 1.807) is 49.1 Å². The van der Waals surface area contributed by atoms with Gasteiger partial charge >= 0.3 is 0 Å². The lowest BCUT2D eigenvalue weighted by Gasteiger charge is -2.20. The summed E-state index contributed by atoms with van der Waals surface area (Å²) < 4.78 is 2.01. The van der Waals surface area contributed by atoms with Crippen LogP contribution in [0, 0.1) is 22.7 Å². The number of carbonyl (C=O) groups is 2. The van der Waals surface area contributed by atoms with Gasteiger partial charge in [-0.1, -0.05) is 97.1 Å². The molecule has 0 saturated heterocycles. The van der Waals surface area contributed by atoms with Crippen LogP contribution in [0.25, 0.3) is 72.0 Å². The highest BCUT2D eigenvalue weighted by Crippen LogP contribution is 2.46. The van der Waals surface area contributed by atoms with Crippen molar-refractivity contribution >= 4 is 39.3 Å². The number of amides is 2. The maximum Gasteiger partial charge on any atom is 0.268 e. The number of pyridine rings is 2. The van der Waals surface area contributed by atoms with E-state index in [1.165, 1.54) is 4.90 Å². The van der Waals surface area contributed by atoms with Gasteiger partial charge in [0.05, 0.1) is 56.8 Å². The first kappa shape index (κ1) is 34.1. The molecule has 0 radical (unpaired) electrons. The summed E-state index contributed by atoms with van der Waals surface area (Å²) in [4.78, 5) is 39.8. The number of rotatable bonds is 6. The van der Waals surface area contributed by atoms with Crippen molar-refractivity contribution in [2.45, 2.75) is 0 Å². The highest BCUT2D eigenvalue weighted by molar-refractivity contribution is 6.36. The number of hydrogen-bond acceptors (Lipinski definition) is 6. The topological polar surface area (TPSA) is 116 Å². The van der Waals surface area contributed by atoms with Crippen molar-refractivity contribution < 1.29 is 9.59 Å². The summed E-state index contributed by atoms with van der Waals surface area (Å²) in [7, 11) is 0. The van der Waals surface area contributed by atoms with Gasteiger partial charge in [0.1, 0.15) is 0 Å². The summed E-state index contributed by atoms with van der Waals surface area (Å²) in [6.07, 6.45) is 6.53. The van der Waals surface area contributed by atoms with Crippen LogP contribution in [-0.2, 0) is 0 Å². The van der Waals surface area contributed by atoms with Crippen LogP contribution in [0.1, 0.15) is 31.8 Å². The van der Waals surface area contributed by atoms with E-state index >= 15 is 4.79 Å². The molecule has 0 fully saturated rings. The van der Waals surface area contributed by atoms with Crippen molar-refractivity contribution in [1.82, 2.24) is 14.5 Å². The Kier molecular flexibility index (Phi) is 8.04. The van der Waals surface area contributed by atoms with E-state index in [9.17, 15) is 15.3 Å². The third-order valence-corrected chi connectivity index (χ3v) is 10.8. The maximum atomic E-state index is 15.1. The average Bonchev–Trinajstić information content (AvgIpc) is 3.77. The van der Waals surface area contributed by atoms with Crippen molar-refractivity contribution in [2.75, 3.05) is 4.90 Å². The molecule has 0 unspecified atom stereocenters. The van der Waals surface area contributed by atoms with E-state index < -0.39 is 11.8 Å². The SMILES string of the molecule is N#Cc1ccncc1-c1cccc2c1c1c(-c3cnccc3C#N)cccc1n2-c1cccc2c1C(=O)N(c1ccc(-c3ccccc3)cc1-c1ccccc1)C2=O. The minimum Gasteiger partial charge on any atom is -0.308 e. The van der Waals surface area contributed by atoms with Crippen LogP contribution >= 0.6 is 0 Å².